The number of aldehydes is 1. The van der Waals surface area contributed by atoms with Crippen molar-refractivity contribution in [3.8, 4) is 11.5 Å². The second-order valence-corrected chi connectivity index (χ2v) is 9.74. The molecule has 2 aromatic carbocycles. The van der Waals surface area contributed by atoms with E-state index < -0.39 is 5.54 Å². The Morgan fingerprint density at radius 2 is 1.92 bits per heavy atom. The lowest BCUT2D eigenvalue weighted by atomic mass is 9.82. The van der Waals surface area contributed by atoms with E-state index in [0.29, 0.717) is 30.2 Å². The smallest absolute Gasteiger partial charge is 0.157 e. The molecule has 0 spiro atoms. The highest BCUT2D eigenvalue weighted by molar-refractivity contribution is 6.30. The number of fused-ring (bicyclic) bond motifs is 2. The number of likely N-dealkylation sites (tertiary alicyclic amines) is 1. The van der Waals surface area contributed by atoms with Crippen molar-refractivity contribution in [2.24, 2.45) is 5.18 Å². The number of ether oxygens (including phenoxy) is 2. The van der Waals surface area contributed by atoms with Crippen molar-refractivity contribution in [1.29, 1.82) is 0 Å². The largest absolute Gasteiger partial charge is 0.487 e. The molecule has 1 fully saturated rings. The maximum atomic E-state index is 11.9. The number of piperidine rings is 1. The second kappa shape index (κ2) is 11.2. The Kier molecular flexibility index (Phi) is 7.63. The molecule has 2 aliphatic heterocycles. The molecule has 0 atom stereocenters. The normalized spacial score (nSPS) is 17.7. The first-order valence-electron chi connectivity index (χ1n) is 12.4. The van der Waals surface area contributed by atoms with Crippen LogP contribution >= 0.6 is 11.6 Å². The van der Waals surface area contributed by atoms with Crippen molar-refractivity contribution in [3.63, 3.8) is 0 Å². The minimum atomic E-state index is -0.695. The first-order valence-corrected chi connectivity index (χ1v) is 12.8. The van der Waals surface area contributed by atoms with Gasteiger partial charge in [-0.05, 0) is 66.8 Å². The van der Waals surface area contributed by atoms with Gasteiger partial charge in [0.15, 0.2) is 6.29 Å². The summed E-state index contributed by atoms with van der Waals surface area (Å²) in [7, 11) is 0. The second-order valence-electron chi connectivity index (χ2n) is 9.30. The average molecular weight is 518 g/mol. The first-order chi connectivity index (χ1) is 18.1. The van der Waals surface area contributed by atoms with Crippen LogP contribution in [0.3, 0.4) is 0 Å². The van der Waals surface area contributed by atoms with E-state index in [0.717, 1.165) is 66.0 Å². The summed E-state index contributed by atoms with van der Waals surface area (Å²) >= 11 is 6.03. The van der Waals surface area contributed by atoms with Gasteiger partial charge in [-0.3, -0.25) is 9.78 Å². The summed E-state index contributed by atoms with van der Waals surface area (Å²) in [5, 5.41) is 4.22. The van der Waals surface area contributed by atoms with Gasteiger partial charge in [-0.2, -0.15) is 0 Å². The molecular weight excluding hydrogens is 490 g/mol. The Hall–Kier alpha value is -3.55. The molecule has 3 aromatic rings. The molecule has 37 heavy (non-hydrogen) atoms. The topological polar surface area (TPSA) is 81.1 Å². The van der Waals surface area contributed by atoms with E-state index in [1.54, 1.807) is 6.20 Å². The number of pyridine rings is 1. The fourth-order valence-corrected chi connectivity index (χ4v) is 5.23. The van der Waals surface area contributed by atoms with Crippen molar-refractivity contribution < 1.29 is 14.3 Å². The summed E-state index contributed by atoms with van der Waals surface area (Å²) in [6.07, 6.45) is 6.89. The van der Waals surface area contributed by atoms with Crippen LogP contribution in [0.2, 0.25) is 5.02 Å². The molecule has 0 unspecified atom stereocenters. The third-order valence-electron chi connectivity index (χ3n) is 7.14. The van der Waals surface area contributed by atoms with Gasteiger partial charge in [-0.25, -0.2) is 0 Å². The number of carbonyl (C=O) groups excluding carboxylic acids is 1. The molecule has 0 radical (unpaired) electrons. The van der Waals surface area contributed by atoms with E-state index in [2.05, 4.69) is 27.2 Å². The highest BCUT2D eigenvalue weighted by Gasteiger charge is 2.37. The van der Waals surface area contributed by atoms with E-state index in [-0.39, 0.29) is 6.61 Å². The van der Waals surface area contributed by atoms with Crippen LogP contribution in [0, 0.1) is 4.91 Å². The van der Waals surface area contributed by atoms with Gasteiger partial charge in [-0.15, -0.1) is 4.91 Å². The van der Waals surface area contributed by atoms with E-state index in [4.69, 9.17) is 21.1 Å². The number of nitroso groups, excluding NO2 is 1. The number of halogens is 1. The zero-order valence-electron chi connectivity index (χ0n) is 20.4. The average Bonchev–Trinajstić information content (AvgIpc) is 3.09. The number of aromatic nitrogens is 1. The molecule has 0 saturated carbocycles. The summed E-state index contributed by atoms with van der Waals surface area (Å²) in [4.78, 5) is 29.6. The summed E-state index contributed by atoms with van der Waals surface area (Å²) in [6.45, 7) is 2.82. The van der Waals surface area contributed by atoms with Crippen LogP contribution in [0.5, 0.6) is 11.5 Å². The molecule has 2 aliphatic rings. The van der Waals surface area contributed by atoms with Crippen molar-refractivity contribution in [1.82, 2.24) is 9.88 Å². The fraction of sp³-hybridized carbons (Fsp3) is 0.310. The molecule has 0 N–H and O–H groups in total. The van der Waals surface area contributed by atoms with Crippen LogP contribution < -0.4 is 9.47 Å². The van der Waals surface area contributed by atoms with Crippen molar-refractivity contribution >= 4 is 23.5 Å². The molecule has 5 rings (SSSR count). The zero-order chi connectivity index (χ0) is 25.7. The highest BCUT2D eigenvalue weighted by atomic mass is 35.5. The number of carbonyl (C=O) groups is 1. The molecule has 1 aromatic heterocycles. The summed E-state index contributed by atoms with van der Waals surface area (Å²) in [5.41, 5.74) is 4.09. The Bertz CT molecular complexity index is 1300. The molecule has 0 amide bonds. The van der Waals surface area contributed by atoms with Gasteiger partial charge in [0.25, 0.3) is 0 Å². The molecule has 7 nitrogen and oxygen atoms in total. The lowest BCUT2D eigenvalue weighted by molar-refractivity contribution is -0.109. The summed E-state index contributed by atoms with van der Waals surface area (Å²) < 4.78 is 11.6. The van der Waals surface area contributed by atoms with Crippen LogP contribution in [0.1, 0.15) is 41.6 Å². The summed E-state index contributed by atoms with van der Waals surface area (Å²) in [5.74, 6) is 1.37. The maximum absolute atomic E-state index is 11.9. The Labute approximate surface area is 221 Å². The van der Waals surface area contributed by atoms with E-state index >= 15 is 0 Å². The number of benzene rings is 2. The first kappa shape index (κ1) is 25.1. The standard InChI is InChI=1S/C29H28ClN3O4/c30-22-7-5-21(6-8-22)29(32-35)11-15-33(16-12-29)14-2-4-24-25-3-1-13-31-27(25)20-37-28-10-9-23(19-26(24)28)36-18-17-34/h1,3-10,13,17,19H,2,11-12,14-16,18,20H2/b24-4+. The number of nitrogens with zero attached hydrogens (tertiary/aromatic N) is 3. The summed E-state index contributed by atoms with van der Waals surface area (Å²) in [6, 6.07) is 17.1. The minimum absolute atomic E-state index is 0.00104. The Balaban J connectivity index is 1.33. The fourth-order valence-electron chi connectivity index (χ4n) is 5.11. The predicted molar refractivity (Wildman–Crippen MR) is 143 cm³/mol. The van der Waals surface area contributed by atoms with Crippen LogP contribution in [-0.4, -0.2) is 42.4 Å². The quantitative estimate of drug-likeness (QED) is 0.278. The lowest BCUT2D eigenvalue weighted by Gasteiger charge is -2.37. The third kappa shape index (κ3) is 5.43. The van der Waals surface area contributed by atoms with Gasteiger partial charge in [0.05, 0.1) is 5.69 Å². The molecule has 8 heteroatoms. The van der Waals surface area contributed by atoms with Gasteiger partial charge >= 0.3 is 0 Å². The van der Waals surface area contributed by atoms with Crippen molar-refractivity contribution in [2.75, 3.05) is 26.2 Å². The van der Waals surface area contributed by atoms with Crippen LogP contribution in [0.4, 0.5) is 0 Å². The minimum Gasteiger partial charge on any atom is -0.487 e. The van der Waals surface area contributed by atoms with Crippen LogP contribution in [-0.2, 0) is 16.9 Å². The van der Waals surface area contributed by atoms with E-state index in [1.807, 2.05) is 48.5 Å². The molecule has 0 bridgehead atoms. The van der Waals surface area contributed by atoms with Gasteiger partial charge in [-0.1, -0.05) is 41.1 Å². The molecule has 190 valence electrons. The molecular formula is C29H28ClN3O4. The predicted octanol–water partition coefficient (Wildman–Crippen LogP) is 5.78. The molecule has 0 aliphatic carbocycles. The lowest BCUT2D eigenvalue weighted by Crippen LogP contribution is -2.41. The van der Waals surface area contributed by atoms with Gasteiger partial charge in [0, 0.05) is 42.0 Å². The van der Waals surface area contributed by atoms with Gasteiger partial charge in [0.1, 0.15) is 30.3 Å². The van der Waals surface area contributed by atoms with Crippen LogP contribution in [0.15, 0.2) is 72.0 Å². The molecule has 3 heterocycles. The zero-order valence-corrected chi connectivity index (χ0v) is 21.2. The SMILES string of the molecule is O=CCOc1ccc2c(c1)/C(=C/CCN1CCC(N=O)(c3ccc(Cl)cc3)CC1)c1cccnc1CO2. The van der Waals surface area contributed by atoms with E-state index in [1.165, 1.54) is 0 Å². The Morgan fingerprint density at radius 3 is 2.68 bits per heavy atom. The van der Waals surface area contributed by atoms with E-state index in [9.17, 15) is 9.70 Å². The van der Waals surface area contributed by atoms with Gasteiger partial charge < -0.3 is 14.4 Å². The Morgan fingerprint density at radius 1 is 1.11 bits per heavy atom. The highest BCUT2D eigenvalue weighted by Crippen LogP contribution is 2.39. The maximum Gasteiger partial charge on any atom is 0.157 e. The van der Waals surface area contributed by atoms with Crippen LogP contribution in [0.25, 0.3) is 5.57 Å². The number of hydrogen-bond donors (Lipinski definition) is 0. The van der Waals surface area contributed by atoms with Crippen molar-refractivity contribution in [3.05, 3.63) is 99.2 Å². The van der Waals surface area contributed by atoms with Gasteiger partial charge in [0.2, 0.25) is 0 Å². The number of rotatable bonds is 8. The third-order valence-corrected chi connectivity index (χ3v) is 7.39. The number of hydrogen-bond acceptors (Lipinski definition) is 7. The monoisotopic (exact) mass is 517 g/mol. The molecule has 1 saturated heterocycles. The van der Waals surface area contributed by atoms with Crippen molar-refractivity contribution in [2.45, 2.75) is 31.4 Å².